The van der Waals surface area contributed by atoms with Crippen LogP contribution < -0.4 is 10.7 Å². The third-order valence-electron chi connectivity index (χ3n) is 2.56. The maximum Gasteiger partial charge on any atom is 0.187 e. The molecule has 0 fully saturated rings. The van der Waals surface area contributed by atoms with Crippen LogP contribution in [0.3, 0.4) is 0 Å². The van der Waals surface area contributed by atoms with Crippen LogP contribution in [0.5, 0.6) is 0 Å². The van der Waals surface area contributed by atoms with E-state index >= 15 is 0 Å². The average molecular weight is 279 g/mol. The molecule has 1 aromatic heterocycles. The predicted molar refractivity (Wildman–Crippen MR) is 76.9 cm³/mol. The minimum Gasteiger partial charge on any atom is -0.330 e. The molecule has 0 atom stereocenters. The van der Waals surface area contributed by atoms with E-state index in [4.69, 9.17) is 11.8 Å². The van der Waals surface area contributed by atoms with Crippen molar-refractivity contribution < 1.29 is 0 Å². The highest BCUT2D eigenvalue weighted by molar-refractivity contribution is 7.13. The highest BCUT2D eigenvalue weighted by atomic mass is 35.5. The maximum absolute atomic E-state index is 5.92. The van der Waals surface area contributed by atoms with Gasteiger partial charge >= 0.3 is 0 Å². The molecule has 0 spiro atoms. The Morgan fingerprint density at radius 1 is 1.44 bits per heavy atom. The van der Waals surface area contributed by atoms with Crippen LogP contribution in [0.25, 0.3) is 6.08 Å². The Labute approximate surface area is 114 Å². The van der Waals surface area contributed by atoms with Crippen molar-refractivity contribution in [1.82, 2.24) is 9.51 Å². The molecule has 2 heterocycles. The van der Waals surface area contributed by atoms with Crippen LogP contribution in [0.2, 0.25) is 0 Å². The van der Waals surface area contributed by atoms with Crippen molar-refractivity contribution >= 4 is 45.7 Å². The highest BCUT2D eigenvalue weighted by Gasteiger charge is 2.13. The van der Waals surface area contributed by atoms with Crippen LogP contribution in [0, 0.1) is 6.92 Å². The Morgan fingerprint density at radius 3 is 3.11 bits per heavy atom. The van der Waals surface area contributed by atoms with E-state index < -0.39 is 0 Å². The van der Waals surface area contributed by atoms with E-state index in [9.17, 15) is 0 Å². The van der Waals surface area contributed by atoms with Crippen molar-refractivity contribution in [2.45, 2.75) is 6.92 Å². The van der Waals surface area contributed by atoms with Gasteiger partial charge in [-0.3, -0.25) is 5.43 Å². The zero-order valence-corrected chi connectivity index (χ0v) is 11.2. The molecule has 0 saturated carbocycles. The zero-order valence-electron chi connectivity index (χ0n) is 9.64. The molecule has 2 N–H and O–H groups in total. The number of hydrogen-bond donors (Lipinski definition) is 2. The lowest BCUT2D eigenvalue weighted by atomic mass is 10.1. The average Bonchev–Trinajstić information content (AvgIpc) is 2.76. The fraction of sp³-hybridized carbons (Fsp3) is 0.0833. The molecular formula is C12H11ClN4S. The number of hydrogen-bond acceptors (Lipinski definition) is 5. The smallest absolute Gasteiger partial charge is 0.187 e. The number of thiazole rings is 1. The summed E-state index contributed by atoms with van der Waals surface area (Å²) < 4.78 is 1.40. The van der Waals surface area contributed by atoms with Crippen molar-refractivity contribution in [3.8, 4) is 0 Å². The van der Waals surface area contributed by atoms with Crippen LogP contribution in [-0.2, 0) is 0 Å². The third kappa shape index (κ3) is 2.14. The molecule has 0 unspecified atom stereocenters. The van der Waals surface area contributed by atoms with Crippen molar-refractivity contribution in [2.24, 2.45) is 0 Å². The van der Waals surface area contributed by atoms with E-state index in [1.807, 2.05) is 36.6 Å². The Hall–Kier alpha value is -1.72. The lowest BCUT2D eigenvalue weighted by molar-refractivity contribution is 0.729. The first-order chi connectivity index (χ1) is 8.72. The number of para-hydroxylation sites is 1. The van der Waals surface area contributed by atoms with E-state index in [1.165, 1.54) is 4.53 Å². The summed E-state index contributed by atoms with van der Waals surface area (Å²) >= 11 is 7.50. The lowest BCUT2D eigenvalue weighted by Crippen LogP contribution is -2.17. The normalized spacial score (nSPS) is 13.1. The number of fused-ring (bicyclic) bond motifs is 1. The second-order valence-electron chi connectivity index (χ2n) is 3.93. The van der Waals surface area contributed by atoms with Crippen LogP contribution in [0.4, 0.5) is 16.5 Å². The molecule has 6 heteroatoms. The van der Waals surface area contributed by atoms with Crippen molar-refractivity contribution in [3.05, 3.63) is 41.0 Å². The Balaban J connectivity index is 1.96. The van der Waals surface area contributed by atoms with Crippen LogP contribution >= 0.6 is 23.1 Å². The van der Waals surface area contributed by atoms with Gasteiger partial charge in [0.1, 0.15) is 0 Å². The molecule has 0 amide bonds. The zero-order chi connectivity index (χ0) is 12.5. The number of nitrogens with one attached hydrogen (secondary N) is 2. The minimum absolute atomic E-state index is 0.873. The number of benzene rings is 1. The van der Waals surface area contributed by atoms with Crippen molar-refractivity contribution in [3.63, 3.8) is 0 Å². The number of aromatic nitrogens is 1. The summed E-state index contributed by atoms with van der Waals surface area (Å²) in [5.41, 5.74) is 7.09. The van der Waals surface area contributed by atoms with Crippen LogP contribution in [0.15, 0.2) is 29.8 Å². The topological polar surface area (TPSA) is 40.2 Å². The van der Waals surface area contributed by atoms with Gasteiger partial charge in [-0.25, -0.2) is 9.51 Å². The van der Waals surface area contributed by atoms with Gasteiger partial charge in [-0.1, -0.05) is 12.1 Å². The van der Waals surface area contributed by atoms with E-state index in [0.717, 1.165) is 27.8 Å². The fourth-order valence-corrected chi connectivity index (χ4v) is 2.60. The monoisotopic (exact) mass is 278 g/mol. The second-order valence-corrected chi connectivity index (χ2v) is 5.15. The molecule has 1 aliphatic heterocycles. The van der Waals surface area contributed by atoms with Crippen molar-refractivity contribution in [1.29, 1.82) is 0 Å². The maximum atomic E-state index is 5.92. The number of nitrogens with zero attached hydrogens (tertiary/aromatic N) is 2. The number of rotatable bonds is 2. The van der Waals surface area contributed by atoms with Gasteiger partial charge in [0.05, 0.1) is 17.1 Å². The fourth-order valence-electron chi connectivity index (χ4n) is 1.75. The van der Waals surface area contributed by atoms with Gasteiger partial charge in [-0.05, 0) is 19.1 Å². The molecule has 0 radical (unpaired) electrons. The van der Waals surface area contributed by atoms with Gasteiger partial charge < -0.3 is 5.32 Å². The largest absolute Gasteiger partial charge is 0.330 e. The molecule has 0 aliphatic carbocycles. The van der Waals surface area contributed by atoms with Gasteiger partial charge in [0, 0.05) is 28.9 Å². The first kappa shape index (κ1) is 11.4. The molecule has 2 aromatic rings. The van der Waals surface area contributed by atoms with Gasteiger partial charge in [-0.2, -0.15) is 0 Å². The predicted octanol–water partition coefficient (Wildman–Crippen LogP) is 3.96. The highest BCUT2D eigenvalue weighted by Crippen LogP contribution is 2.33. The Morgan fingerprint density at radius 2 is 2.33 bits per heavy atom. The summed E-state index contributed by atoms with van der Waals surface area (Å²) in [4.78, 5) is 4.39. The summed E-state index contributed by atoms with van der Waals surface area (Å²) in [5.74, 6) is 0. The Bertz CT molecular complexity index is 608. The van der Waals surface area contributed by atoms with Crippen molar-refractivity contribution in [2.75, 3.05) is 10.7 Å². The molecule has 4 nitrogen and oxygen atoms in total. The molecule has 1 aliphatic rings. The van der Waals surface area contributed by atoms with Gasteiger partial charge in [-0.15, -0.1) is 11.3 Å². The molecule has 18 heavy (non-hydrogen) atoms. The molecule has 0 saturated heterocycles. The molecule has 1 aromatic carbocycles. The summed E-state index contributed by atoms with van der Waals surface area (Å²) in [7, 11) is 0. The summed E-state index contributed by atoms with van der Waals surface area (Å²) in [6, 6.07) is 6.02. The summed E-state index contributed by atoms with van der Waals surface area (Å²) in [6.07, 6.45) is 3.72. The third-order valence-corrected chi connectivity index (χ3v) is 3.63. The molecular weight excluding hydrogens is 268 g/mol. The number of halogens is 1. The standard InChI is InChI=1S/C12H11ClN4S/c1-8-7-18-12(14-8)15-10-4-2-3-9-5-6-17(13)16-11(9)10/h2-7,16H,1H3,(H,14,15). The first-order valence-electron chi connectivity index (χ1n) is 5.44. The quantitative estimate of drug-likeness (QED) is 0.816. The second kappa shape index (κ2) is 4.51. The Kier molecular flexibility index (Phi) is 2.85. The van der Waals surface area contributed by atoms with E-state index in [0.29, 0.717) is 0 Å². The van der Waals surface area contributed by atoms with Crippen LogP contribution in [-0.4, -0.2) is 9.51 Å². The number of anilines is 3. The van der Waals surface area contributed by atoms with Gasteiger partial charge in [0.25, 0.3) is 0 Å². The van der Waals surface area contributed by atoms with Crippen LogP contribution in [0.1, 0.15) is 11.3 Å². The van der Waals surface area contributed by atoms with E-state index in [-0.39, 0.29) is 0 Å². The molecule has 3 rings (SSSR count). The number of aryl methyl sites for hydroxylation is 1. The van der Waals surface area contributed by atoms with E-state index in [2.05, 4.69) is 15.7 Å². The van der Waals surface area contributed by atoms with E-state index in [1.54, 1.807) is 17.5 Å². The SMILES string of the molecule is Cc1csc(Nc2cccc3c2NN(Cl)C=C3)n1. The molecule has 92 valence electrons. The summed E-state index contributed by atoms with van der Waals surface area (Å²) in [5, 5.41) is 6.19. The first-order valence-corrected chi connectivity index (χ1v) is 6.66. The molecule has 0 bridgehead atoms. The minimum atomic E-state index is 0.873. The lowest BCUT2D eigenvalue weighted by Gasteiger charge is -2.22. The van der Waals surface area contributed by atoms with Gasteiger partial charge in [0.15, 0.2) is 5.13 Å². The summed E-state index contributed by atoms with van der Waals surface area (Å²) in [6.45, 7) is 1.98. The van der Waals surface area contributed by atoms with Gasteiger partial charge in [0.2, 0.25) is 0 Å². The number of hydrazine groups is 1.